The predicted octanol–water partition coefficient (Wildman–Crippen LogP) is 3.47. The van der Waals surface area contributed by atoms with E-state index in [1.165, 1.54) is 5.56 Å². The molecule has 3 aromatic rings. The molecule has 1 N–H and O–H groups in total. The van der Waals surface area contributed by atoms with Gasteiger partial charge in [-0.15, -0.1) is 0 Å². The number of nitrogens with one attached hydrogen (secondary N) is 1. The molecule has 2 aromatic carbocycles. The average molecular weight is 312 g/mol. The van der Waals surface area contributed by atoms with E-state index in [4.69, 9.17) is 11.6 Å². The van der Waals surface area contributed by atoms with Crippen molar-refractivity contribution in [1.29, 1.82) is 0 Å². The molecule has 0 unspecified atom stereocenters. The van der Waals surface area contributed by atoms with Crippen molar-refractivity contribution in [1.82, 2.24) is 20.2 Å². The molecular formula is C16H14ClN5. The van der Waals surface area contributed by atoms with Crippen LogP contribution in [0.5, 0.6) is 0 Å². The third kappa shape index (κ3) is 2.33. The third-order valence-corrected chi connectivity index (χ3v) is 4.26. The van der Waals surface area contributed by atoms with Crippen LogP contribution in [0.25, 0.3) is 0 Å². The summed E-state index contributed by atoms with van der Waals surface area (Å²) in [4.78, 5) is 0. The molecule has 1 aliphatic heterocycles. The highest BCUT2D eigenvalue weighted by molar-refractivity contribution is 6.30. The molecule has 2 heterocycles. The van der Waals surface area contributed by atoms with Crippen molar-refractivity contribution in [3.05, 3.63) is 70.7 Å². The molecule has 5 nitrogen and oxygen atoms in total. The first-order chi connectivity index (χ1) is 10.8. The maximum Gasteiger partial charge on any atom is 0.243 e. The number of nitrogens with zero attached hydrogens (tertiary/aromatic N) is 4. The summed E-state index contributed by atoms with van der Waals surface area (Å²) in [6.07, 6.45) is 0.879. The highest BCUT2D eigenvalue weighted by atomic mass is 35.5. The van der Waals surface area contributed by atoms with Crippen LogP contribution in [-0.4, -0.2) is 20.2 Å². The number of fused-ring (bicyclic) bond motifs is 1. The summed E-state index contributed by atoms with van der Waals surface area (Å²) in [5, 5.41) is 16.2. The van der Waals surface area contributed by atoms with Gasteiger partial charge < -0.3 is 5.32 Å². The van der Waals surface area contributed by atoms with Crippen LogP contribution in [0.15, 0.2) is 54.6 Å². The molecule has 2 atom stereocenters. The number of hydrogen-bond donors (Lipinski definition) is 1. The lowest BCUT2D eigenvalue weighted by atomic mass is 9.93. The van der Waals surface area contributed by atoms with Crippen LogP contribution in [0.3, 0.4) is 0 Å². The number of anilines is 1. The number of halogens is 1. The summed E-state index contributed by atoms with van der Waals surface area (Å²) < 4.78 is 1.84. The van der Waals surface area contributed by atoms with E-state index in [1.807, 2.05) is 47.1 Å². The summed E-state index contributed by atoms with van der Waals surface area (Å²) in [5.41, 5.74) is 2.39. The zero-order valence-corrected chi connectivity index (χ0v) is 12.5. The van der Waals surface area contributed by atoms with Crippen molar-refractivity contribution < 1.29 is 0 Å². The largest absolute Gasteiger partial charge is 0.346 e. The minimum atomic E-state index is 0.0914. The van der Waals surface area contributed by atoms with E-state index in [1.54, 1.807) is 0 Å². The first-order valence-electron chi connectivity index (χ1n) is 7.16. The standard InChI is InChI=1S/C16H14ClN5/c17-13-8-6-12(7-9-13)15-10-14(11-4-2-1-3-5-11)18-16-19-20-21-22(15)16/h1-9,14-15H,10H2,(H,18,19,21)/t14-,15-/m1/s1. The second-order valence-electron chi connectivity index (χ2n) is 5.36. The third-order valence-electron chi connectivity index (χ3n) is 4.01. The van der Waals surface area contributed by atoms with Gasteiger partial charge in [0.2, 0.25) is 5.95 Å². The Kier molecular flexibility index (Phi) is 3.27. The molecule has 4 rings (SSSR count). The van der Waals surface area contributed by atoms with E-state index in [9.17, 15) is 0 Å². The summed E-state index contributed by atoms with van der Waals surface area (Å²) >= 11 is 5.99. The van der Waals surface area contributed by atoms with Gasteiger partial charge in [0.25, 0.3) is 0 Å². The Bertz CT molecular complexity index is 769. The van der Waals surface area contributed by atoms with Crippen LogP contribution in [0, 0.1) is 0 Å². The van der Waals surface area contributed by atoms with Crippen molar-refractivity contribution in [3.8, 4) is 0 Å². The van der Waals surface area contributed by atoms with Gasteiger partial charge in [0.1, 0.15) is 0 Å². The molecule has 0 bridgehead atoms. The second kappa shape index (κ2) is 5.42. The van der Waals surface area contributed by atoms with E-state index in [0.717, 1.165) is 17.0 Å². The molecule has 1 aliphatic rings. The lowest BCUT2D eigenvalue weighted by molar-refractivity contribution is 0.424. The van der Waals surface area contributed by atoms with E-state index in [-0.39, 0.29) is 12.1 Å². The van der Waals surface area contributed by atoms with Gasteiger partial charge in [0.15, 0.2) is 0 Å². The van der Waals surface area contributed by atoms with Gasteiger partial charge in [-0.05, 0) is 40.1 Å². The van der Waals surface area contributed by atoms with Crippen molar-refractivity contribution in [2.75, 3.05) is 5.32 Å². The first kappa shape index (κ1) is 13.3. The average Bonchev–Trinajstić information content (AvgIpc) is 3.04. The van der Waals surface area contributed by atoms with Crippen LogP contribution < -0.4 is 5.32 Å². The van der Waals surface area contributed by atoms with Crippen LogP contribution in [0.2, 0.25) is 5.02 Å². The second-order valence-corrected chi connectivity index (χ2v) is 5.79. The maximum atomic E-state index is 5.99. The summed E-state index contributed by atoms with van der Waals surface area (Å²) in [6.45, 7) is 0. The highest BCUT2D eigenvalue weighted by Gasteiger charge is 2.30. The Hall–Kier alpha value is -2.40. The molecule has 0 amide bonds. The van der Waals surface area contributed by atoms with Crippen LogP contribution in [0.4, 0.5) is 5.95 Å². The first-order valence-corrected chi connectivity index (χ1v) is 7.54. The van der Waals surface area contributed by atoms with Crippen molar-refractivity contribution in [3.63, 3.8) is 0 Å². The number of benzene rings is 2. The molecular weight excluding hydrogens is 298 g/mol. The Morgan fingerprint density at radius 2 is 1.77 bits per heavy atom. The van der Waals surface area contributed by atoms with Gasteiger partial charge >= 0.3 is 0 Å². The topological polar surface area (TPSA) is 55.6 Å². The fraction of sp³-hybridized carbons (Fsp3) is 0.188. The van der Waals surface area contributed by atoms with Gasteiger partial charge in [0.05, 0.1) is 12.1 Å². The fourth-order valence-electron chi connectivity index (χ4n) is 2.90. The van der Waals surface area contributed by atoms with Gasteiger partial charge in [-0.2, -0.15) is 0 Å². The Labute approximate surface area is 132 Å². The van der Waals surface area contributed by atoms with Crippen molar-refractivity contribution in [2.24, 2.45) is 0 Å². The smallest absolute Gasteiger partial charge is 0.243 e. The molecule has 0 spiro atoms. The van der Waals surface area contributed by atoms with Gasteiger partial charge in [-0.1, -0.05) is 59.2 Å². The summed E-state index contributed by atoms with van der Waals surface area (Å²) in [5.74, 6) is 0.694. The van der Waals surface area contributed by atoms with E-state index >= 15 is 0 Å². The van der Waals surface area contributed by atoms with Crippen molar-refractivity contribution >= 4 is 17.5 Å². The molecule has 0 saturated carbocycles. The zero-order valence-electron chi connectivity index (χ0n) is 11.7. The lowest BCUT2D eigenvalue weighted by Gasteiger charge is -2.31. The van der Waals surface area contributed by atoms with E-state index < -0.39 is 0 Å². The SMILES string of the molecule is Clc1ccc([C@H]2C[C@H](c3ccccc3)Nc3nnnn32)cc1. The molecule has 0 aliphatic carbocycles. The Morgan fingerprint density at radius 1 is 1.00 bits per heavy atom. The monoisotopic (exact) mass is 311 g/mol. The highest BCUT2D eigenvalue weighted by Crippen LogP contribution is 2.37. The van der Waals surface area contributed by atoms with Gasteiger partial charge in [-0.25, -0.2) is 4.68 Å². The molecule has 22 heavy (non-hydrogen) atoms. The fourth-order valence-corrected chi connectivity index (χ4v) is 3.03. The predicted molar refractivity (Wildman–Crippen MR) is 84.8 cm³/mol. The van der Waals surface area contributed by atoms with E-state index in [0.29, 0.717) is 5.95 Å². The minimum absolute atomic E-state index is 0.0914. The van der Waals surface area contributed by atoms with Gasteiger partial charge in [0, 0.05) is 5.02 Å². The quantitative estimate of drug-likeness (QED) is 0.787. The number of aromatic nitrogens is 4. The lowest BCUT2D eigenvalue weighted by Crippen LogP contribution is -2.28. The number of tetrazole rings is 1. The van der Waals surface area contributed by atoms with Crippen molar-refractivity contribution in [2.45, 2.75) is 18.5 Å². The summed E-state index contributed by atoms with van der Waals surface area (Å²) in [7, 11) is 0. The number of rotatable bonds is 2. The molecule has 0 radical (unpaired) electrons. The molecule has 0 fully saturated rings. The number of hydrogen-bond acceptors (Lipinski definition) is 4. The Balaban J connectivity index is 1.73. The molecule has 6 heteroatoms. The van der Waals surface area contributed by atoms with Gasteiger partial charge in [-0.3, -0.25) is 0 Å². The molecule has 1 aromatic heterocycles. The minimum Gasteiger partial charge on any atom is -0.346 e. The zero-order chi connectivity index (χ0) is 14.9. The van der Waals surface area contributed by atoms with Crippen LogP contribution in [0.1, 0.15) is 29.6 Å². The maximum absolute atomic E-state index is 5.99. The molecule has 0 saturated heterocycles. The van der Waals surface area contributed by atoms with Crippen LogP contribution >= 0.6 is 11.6 Å². The Morgan fingerprint density at radius 3 is 2.55 bits per heavy atom. The van der Waals surface area contributed by atoms with E-state index in [2.05, 4.69) is 33.0 Å². The normalized spacial score (nSPS) is 20.2. The summed E-state index contributed by atoms with van der Waals surface area (Å²) in [6, 6.07) is 18.5. The van der Waals surface area contributed by atoms with Crippen LogP contribution in [-0.2, 0) is 0 Å². The molecule has 110 valence electrons.